The maximum absolute atomic E-state index is 12.5. The molecule has 0 aromatic heterocycles. The standard InChI is InChI=1S/C19H35NO4S2Si/c1-13(2)15(18-25-10-8-11-26-18)16(14(3)17(21)23-4)20-19(22)24-9-12-27(5,6)7/h14-16,18H,1,8-12H2,2-7H3,(H,20,22)/t14-,15+,16-/m1/s1. The molecule has 1 N–H and O–H groups in total. The zero-order chi connectivity index (χ0) is 20.6. The molecule has 1 aliphatic rings. The summed E-state index contributed by atoms with van der Waals surface area (Å²) in [5.41, 5.74) is 0.963. The topological polar surface area (TPSA) is 64.6 Å². The van der Waals surface area contributed by atoms with Crippen LogP contribution < -0.4 is 5.32 Å². The van der Waals surface area contributed by atoms with Gasteiger partial charge in [-0.05, 0) is 37.8 Å². The second-order valence-electron chi connectivity index (χ2n) is 8.26. The highest BCUT2D eigenvalue weighted by Gasteiger charge is 2.39. The molecule has 0 aliphatic carbocycles. The smallest absolute Gasteiger partial charge is 0.407 e. The molecule has 0 saturated carbocycles. The van der Waals surface area contributed by atoms with Crippen LogP contribution in [0.3, 0.4) is 0 Å². The molecule has 1 amide bonds. The molecule has 1 fully saturated rings. The number of ether oxygens (including phenoxy) is 2. The Labute approximate surface area is 173 Å². The third-order valence-electron chi connectivity index (χ3n) is 4.58. The summed E-state index contributed by atoms with van der Waals surface area (Å²) < 4.78 is 10.6. The van der Waals surface area contributed by atoms with E-state index in [9.17, 15) is 9.59 Å². The molecule has 0 unspecified atom stereocenters. The molecular formula is C19H35NO4S2Si. The van der Waals surface area contributed by atoms with Gasteiger partial charge in [-0.1, -0.05) is 31.8 Å². The Hall–Kier alpha value is -0.603. The molecule has 27 heavy (non-hydrogen) atoms. The van der Waals surface area contributed by atoms with Crippen molar-refractivity contribution in [1.29, 1.82) is 0 Å². The second-order valence-corrected chi connectivity index (χ2v) is 16.7. The number of thioether (sulfide) groups is 2. The van der Waals surface area contributed by atoms with Gasteiger partial charge in [0.05, 0.1) is 30.3 Å². The average molecular weight is 434 g/mol. The van der Waals surface area contributed by atoms with Crippen molar-refractivity contribution in [2.24, 2.45) is 11.8 Å². The summed E-state index contributed by atoms with van der Waals surface area (Å²) in [6.45, 7) is 15.1. The molecule has 0 spiro atoms. The predicted molar refractivity (Wildman–Crippen MR) is 119 cm³/mol. The van der Waals surface area contributed by atoms with Crippen LogP contribution in [0.4, 0.5) is 4.79 Å². The van der Waals surface area contributed by atoms with Crippen LogP contribution in [0, 0.1) is 11.8 Å². The van der Waals surface area contributed by atoms with E-state index in [-0.39, 0.29) is 16.5 Å². The maximum Gasteiger partial charge on any atom is 0.407 e. The van der Waals surface area contributed by atoms with Crippen LogP contribution in [-0.2, 0) is 14.3 Å². The third-order valence-corrected chi connectivity index (χ3v) is 9.40. The third kappa shape index (κ3) is 8.52. The second kappa shape index (κ2) is 11.4. The van der Waals surface area contributed by atoms with Crippen molar-refractivity contribution in [2.45, 2.75) is 56.6 Å². The van der Waals surface area contributed by atoms with Crippen LogP contribution >= 0.6 is 23.5 Å². The fourth-order valence-electron chi connectivity index (χ4n) is 2.91. The van der Waals surface area contributed by atoms with Gasteiger partial charge in [-0.15, -0.1) is 23.5 Å². The molecule has 0 radical (unpaired) electrons. The first kappa shape index (κ1) is 24.4. The Balaban J connectivity index is 2.91. The Morgan fingerprint density at radius 2 is 1.85 bits per heavy atom. The van der Waals surface area contributed by atoms with Crippen molar-refractivity contribution in [2.75, 3.05) is 25.2 Å². The van der Waals surface area contributed by atoms with Gasteiger partial charge in [-0.3, -0.25) is 4.79 Å². The lowest BCUT2D eigenvalue weighted by molar-refractivity contribution is -0.146. The number of hydrogen-bond acceptors (Lipinski definition) is 6. The number of nitrogens with one attached hydrogen (secondary N) is 1. The molecule has 3 atom stereocenters. The number of hydrogen-bond donors (Lipinski definition) is 1. The van der Waals surface area contributed by atoms with Gasteiger partial charge in [0.25, 0.3) is 0 Å². The summed E-state index contributed by atoms with van der Waals surface area (Å²) in [5, 5.41) is 2.96. The van der Waals surface area contributed by atoms with Crippen LogP contribution in [0.15, 0.2) is 12.2 Å². The van der Waals surface area contributed by atoms with Gasteiger partial charge >= 0.3 is 12.1 Å². The summed E-state index contributed by atoms with van der Waals surface area (Å²) in [6, 6.07) is 0.507. The highest BCUT2D eigenvalue weighted by atomic mass is 32.2. The summed E-state index contributed by atoms with van der Waals surface area (Å²) in [6.07, 6.45) is 0.712. The SMILES string of the molecule is C=C(C)[C@H](C1SCCCS1)[C@H](NC(=O)OCC[Si](C)(C)C)[C@@H](C)C(=O)OC. The monoisotopic (exact) mass is 433 g/mol. The molecule has 1 aliphatic heterocycles. The summed E-state index contributed by atoms with van der Waals surface area (Å²) in [4.78, 5) is 24.7. The number of methoxy groups -OCH3 is 1. The van der Waals surface area contributed by atoms with Crippen molar-refractivity contribution < 1.29 is 19.1 Å². The van der Waals surface area contributed by atoms with Crippen LogP contribution in [-0.4, -0.2) is 56.0 Å². The number of carbonyl (C=O) groups is 2. The van der Waals surface area contributed by atoms with E-state index in [1.54, 1.807) is 6.92 Å². The number of rotatable bonds is 9. The van der Waals surface area contributed by atoms with E-state index >= 15 is 0 Å². The quantitative estimate of drug-likeness (QED) is 0.325. The largest absolute Gasteiger partial charge is 0.469 e. The van der Waals surface area contributed by atoms with Crippen LogP contribution in [0.1, 0.15) is 20.3 Å². The van der Waals surface area contributed by atoms with Gasteiger partial charge in [-0.2, -0.15) is 0 Å². The number of carbonyl (C=O) groups excluding carboxylic acids is 2. The first-order chi connectivity index (χ1) is 12.6. The fourth-order valence-corrected chi connectivity index (χ4v) is 7.07. The van der Waals surface area contributed by atoms with Crippen molar-refractivity contribution >= 4 is 43.7 Å². The van der Waals surface area contributed by atoms with Gasteiger partial charge in [0.1, 0.15) is 0 Å². The minimum Gasteiger partial charge on any atom is -0.469 e. The van der Waals surface area contributed by atoms with Gasteiger partial charge < -0.3 is 14.8 Å². The molecule has 0 aromatic rings. The molecule has 156 valence electrons. The van der Waals surface area contributed by atoms with E-state index < -0.39 is 26.1 Å². The van der Waals surface area contributed by atoms with Crippen LogP contribution in [0.2, 0.25) is 25.7 Å². The van der Waals surface area contributed by atoms with Crippen molar-refractivity contribution in [3.8, 4) is 0 Å². The van der Waals surface area contributed by atoms with E-state index in [2.05, 4.69) is 31.5 Å². The lowest BCUT2D eigenvalue weighted by Crippen LogP contribution is -2.50. The Bertz CT molecular complexity index is 518. The molecule has 8 heteroatoms. The van der Waals surface area contributed by atoms with Gasteiger partial charge in [0.2, 0.25) is 0 Å². The lowest BCUT2D eigenvalue weighted by Gasteiger charge is -2.37. The minimum absolute atomic E-state index is 0.0288. The average Bonchev–Trinajstić information content (AvgIpc) is 2.59. The molecule has 1 saturated heterocycles. The van der Waals surface area contributed by atoms with Crippen LogP contribution in [0.5, 0.6) is 0 Å². The first-order valence-corrected chi connectivity index (χ1v) is 15.3. The van der Waals surface area contributed by atoms with E-state index in [0.717, 1.165) is 23.1 Å². The Kier molecular flexibility index (Phi) is 10.3. The Morgan fingerprint density at radius 1 is 1.26 bits per heavy atom. The number of alkyl carbamates (subject to hydrolysis) is 1. The minimum atomic E-state index is -1.28. The van der Waals surface area contributed by atoms with Gasteiger partial charge in [0.15, 0.2) is 0 Å². The van der Waals surface area contributed by atoms with Gasteiger partial charge in [-0.25, -0.2) is 4.79 Å². The maximum atomic E-state index is 12.5. The molecule has 0 aromatic carbocycles. The highest BCUT2D eigenvalue weighted by molar-refractivity contribution is 8.17. The molecule has 1 heterocycles. The van der Waals surface area contributed by atoms with E-state index in [4.69, 9.17) is 9.47 Å². The highest BCUT2D eigenvalue weighted by Crippen LogP contribution is 2.41. The molecule has 5 nitrogen and oxygen atoms in total. The summed E-state index contributed by atoms with van der Waals surface area (Å²) in [5.74, 6) is 1.32. The normalized spacial score (nSPS) is 18.9. The van der Waals surface area contributed by atoms with E-state index in [1.807, 2.05) is 30.4 Å². The predicted octanol–water partition coefficient (Wildman–Crippen LogP) is 4.62. The van der Waals surface area contributed by atoms with E-state index in [1.165, 1.54) is 13.5 Å². The van der Waals surface area contributed by atoms with Crippen molar-refractivity contribution in [3.63, 3.8) is 0 Å². The molecular weight excluding hydrogens is 398 g/mol. The lowest BCUT2D eigenvalue weighted by atomic mass is 9.86. The fraction of sp³-hybridized carbons (Fsp3) is 0.789. The first-order valence-electron chi connectivity index (χ1n) is 9.46. The van der Waals surface area contributed by atoms with Crippen LogP contribution in [0.25, 0.3) is 0 Å². The Morgan fingerprint density at radius 3 is 2.33 bits per heavy atom. The van der Waals surface area contributed by atoms with Crippen molar-refractivity contribution in [3.05, 3.63) is 12.2 Å². The van der Waals surface area contributed by atoms with Gasteiger partial charge in [0, 0.05) is 14.0 Å². The molecule has 1 rings (SSSR count). The number of esters is 1. The zero-order valence-corrected chi connectivity index (χ0v) is 20.1. The summed E-state index contributed by atoms with van der Waals surface area (Å²) in [7, 11) is 0.101. The molecule has 0 bridgehead atoms. The summed E-state index contributed by atoms with van der Waals surface area (Å²) >= 11 is 3.75. The number of amides is 1. The van der Waals surface area contributed by atoms with E-state index in [0.29, 0.717) is 6.61 Å². The van der Waals surface area contributed by atoms with Crippen molar-refractivity contribution in [1.82, 2.24) is 5.32 Å². The zero-order valence-electron chi connectivity index (χ0n) is 17.5.